The van der Waals surface area contributed by atoms with Gasteiger partial charge in [0.2, 0.25) is 0 Å². The third-order valence-corrected chi connectivity index (χ3v) is 9.06. The van der Waals surface area contributed by atoms with Crippen LogP contribution in [0, 0.1) is 0 Å². The predicted molar refractivity (Wildman–Crippen MR) is 242 cm³/mol. The number of phosphoric ester groups is 1. The molecule has 2 unspecified atom stereocenters. The normalized spacial score (nSPS) is 14.5. The zero-order valence-corrected chi connectivity index (χ0v) is 36.8. The first kappa shape index (κ1) is 54.4. The maximum absolute atomic E-state index is 12.6. The standard InChI is InChI=1S/C48H76NO8P/c1-4-6-8-10-12-14-16-18-20-22-23-25-27-29-31-33-35-37-39-41-48(51)57-46(45-56-58(52,53)55-43-42-49-3)44-54-47(50)40-38-36-34-32-30-28-26-24-21-19-17-15-13-11-9-7-5-2/h7,9,12-15,18-21,23,25-26,28-29,31-32,34-35,37,46,49H,4-6,8,10-11,16-17,22,24,27,30,33,36,38-45H2,1-3H3,(H,52,53)/b9-7-,14-12-,15-13-,20-18-,21-19-,25-23-,28-26-,31-29-,34-32-,37-35-. The minimum atomic E-state index is -4.39. The van der Waals surface area contributed by atoms with Crippen LogP contribution in [0.1, 0.15) is 129 Å². The van der Waals surface area contributed by atoms with E-state index in [9.17, 15) is 19.0 Å². The van der Waals surface area contributed by atoms with E-state index in [2.05, 4.69) is 122 Å². The topological polar surface area (TPSA) is 120 Å². The first-order valence-corrected chi connectivity index (χ1v) is 23.0. The number of ether oxygens (including phenoxy) is 2. The Kier molecular flexibility index (Phi) is 40.3. The highest BCUT2D eigenvalue weighted by molar-refractivity contribution is 7.47. The molecule has 0 spiro atoms. The summed E-state index contributed by atoms with van der Waals surface area (Å²) >= 11 is 0. The zero-order chi connectivity index (χ0) is 42.5. The Balaban J connectivity index is 4.49. The summed E-state index contributed by atoms with van der Waals surface area (Å²) in [7, 11) is -2.71. The summed E-state index contributed by atoms with van der Waals surface area (Å²) in [4.78, 5) is 35.0. The highest BCUT2D eigenvalue weighted by Crippen LogP contribution is 2.43. The number of hydrogen-bond donors (Lipinski definition) is 2. The van der Waals surface area contributed by atoms with Gasteiger partial charge >= 0.3 is 19.8 Å². The van der Waals surface area contributed by atoms with Crippen molar-refractivity contribution in [2.75, 3.05) is 33.4 Å². The van der Waals surface area contributed by atoms with E-state index in [4.69, 9.17) is 18.5 Å². The molecular weight excluding hydrogens is 750 g/mol. The van der Waals surface area contributed by atoms with Crippen molar-refractivity contribution in [1.82, 2.24) is 5.32 Å². The minimum Gasteiger partial charge on any atom is -0.462 e. The number of nitrogens with one attached hydrogen (secondary N) is 1. The molecule has 0 amide bonds. The van der Waals surface area contributed by atoms with Gasteiger partial charge in [0.25, 0.3) is 0 Å². The summed E-state index contributed by atoms with van der Waals surface area (Å²) < 4.78 is 33.0. The second-order valence-corrected chi connectivity index (χ2v) is 14.9. The monoisotopic (exact) mass is 826 g/mol. The first-order valence-electron chi connectivity index (χ1n) is 21.5. The smallest absolute Gasteiger partial charge is 0.462 e. The van der Waals surface area contributed by atoms with E-state index in [1.165, 1.54) is 25.7 Å². The average Bonchev–Trinajstić information content (AvgIpc) is 3.21. The molecule has 10 heteroatoms. The number of phosphoric acid groups is 1. The molecule has 0 rings (SSSR count). The number of likely N-dealkylation sites (N-methyl/N-ethyl adjacent to an activating group) is 1. The summed E-state index contributed by atoms with van der Waals surface area (Å²) in [6.07, 6.45) is 57.0. The molecule has 0 radical (unpaired) electrons. The van der Waals surface area contributed by atoms with E-state index in [0.29, 0.717) is 19.4 Å². The van der Waals surface area contributed by atoms with E-state index in [1.54, 1.807) is 7.05 Å². The summed E-state index contributed by atoms with van der Waals surface area (Å²) in [5.41, 5.74) is 0. The van der Waals surface area contributed by atoms with Crippen molar-refractivity contribution in [3.63, 3.8) is 0 Å². The third kappa shape index (κ3) is 42.0. The number of esters is 2. The fraction of sp³-hybridized carbons (Fsp3) is 0.542. The molecule has 0 aromatic carbocycles. The number of allylic oxidation sites excluding steroid dienone is 20. The molecule has 0 fully saturated rings. The van der Waals surface area contributed by atoms with Crippen molar-refractivity contribution in [2.24, 2.45) is 0 Å². The molecule has 0 saturated carbocycles. The maximum atomic E-state index is 12.6. The second-order valence-electron chi connectivity index (χ2n) is 13.4. The summed E-state index contributed by atoms with van der Waals surface area (Å²) in [5.74, 6) is -0.986. The lowest BCUT2D eigenvalue weighted by molar-refractivity contribution is -0.161. The highest BCUT2D eigenvalue weighted by Gasteiger charge is 2.26. The Morgan fingerprint density at radius 2 is 1.00 bits per heavy atom. The number of carbonyl (C=O) groups is 2. The number of carbonyl (C=O) groups excluding carboxylic acids is 2. The van der Waals surface area contributed by atoms with Crippen LogP contribution < -0.4 is 5.32 Å². The van der Waals surface area contributed by atoms with Gasteiger partial charge in [-0.2, -0.15) is 0 Å². The molecule has 9 nitrogen and oxygen atoms in total. The second kappa shape index (κ2) is 43.0. The van der Waals surface area contributed by atoms with Gasteiger partial charge in [0.15, 0.2) is 6.10 Å². The Morgan fingerprint density at radius 3 is 1.47 bits per heavy atom. The van der Waals surface area contributed by atoms with Crippen molar-refractivity contribution in [1.29, 1.82) is 0 Å². The fourth-order valence-electron chi connectivity index (χ4n) is 4.86. The fourth-order valence-corrected chi connectivity index (χ4v) is 5.61. The lowest BCUT2D eigenvalue weighted by Crippen LogP contribution is -2.29. The van der Waals surface area contributed by atoms with E-state index in [1.807, 2.05) is 18.2 Å². The number of unbranched alkanes of at least 4 members (excludes halogenated alkanes) is 4. The third-order valence-electron chi connectivity index (χ3n) is 8.08. The molecule has 0 bridgehead atoms. The van der Waals surface area contributed by atoms with E-state index in [0.717, 1.165) is 64.2 Å². The zero-order valence-electron chi connectivity index (χ0n) is 35.9. The summed E-state index contributed by atoms with van der Waals surface area (Å²) in [6.45, 7) is 3.89. The minimum absolute atomic E-state index is 0.0466. The SMILES string of the molecule is CC/C=C\C/C=C\C/C=C\C/C=C\C/C=C\CCCC(=O)OCC(COP(=O)(O)OCCNC)OC(=O)CC/C=C\C/C=C\C/C=C\C/C=C\C/C=C\CCCCC. The predicted octanol–water partition coefficient (Wildman–Crippen LogP) is 12.4. The van der Waals surface area contributed by atoms with Gasteiger partial charge in [0.05, 0.1) is 13.2 Å². The van der Waals surface area contributed by atoms with Crippen LogP contribution in [0.15, 0.2) is 122 Å². The van der Waals surface area contributed by atoms with Crippen molar-refractivity contribution >= 4 is 19.8 Å². The van der Waals surface area contributed by atoms with Gasteiger partial charge < -0.3 is 19.7 Å². The van der Waals surface area contributed by atoms with Gasteiger partial charge in [0.1, 0.15) is 6.61 Å². The summed E-state index contributed by atoms with van der Waals surface area (Å²) in [6, 6.07) is 0. The van der Waals surface area contributed by atoms with Crippen LogP contribution in [0.4, 0.5) is 0 Å². The largest absolute Gasteiger partial charge is 0.472 e. The van der Waals surface area contributed by atoms with E-state index < -0.39 is 32.5 Å². The molecule has 0 aliphatic rings. The summed E-state index contributed by atoms with van der Waals surface area (Å²) in [5, 5.41) is 2.81. The molecule has 0 aliphatic carbocycles. The average molecular weight is 826 g/mol. The maximum Gasteiger partial charge on any atom is 0.472 e. The molecule has 326 valence electrons. The molecule has 2 N–H and O–H groups in total. The molecule has 0 aliphatic heterocycles. The molecule has 0 heterocycles. The van der Waals surface area contributed by atoms with Crippen molar-refractivity contribution in [3.05, 3.63) is 122 Å². The van der Waals surface area contributed by atoms with Gasteiger partial charge in [-0.1, -0.05) is 148 Å². The quantitative estimate of drug-likeness (QED) is 0.0271. The van der Waals surface area contributed by atoms with Gasteiger partial charge in [0, 0.05) is 19.4 Å². The van der Waals surface area contributed by atoms with Crippen LogP contribution in [0.25, 0.3) is 0 Å². The van der Waals surface area contributed by atoms with E-state index >= 15 is 0 Å². The number of hydrogen-bond acceptors (Lipinski definition) is 8. The van der Waals surface area contributed by atoms with Gasteiger partial charge in [-0.3, -0.25) is 18.6 Å². The van der Waals surface area contributed by atoms with Crippen LogP contribution in [0.5, 0.6) is 0 Å². The molecule has 0 aromatic heterocycles. The first-order chi connectivity index (χ1) is 28.3. The van der Waals surface area contributed by atoms with Crippen LogP contribution in [-0.4, -0.2) is 56.3 Å². The van der Waals surface area contributed by atoms with E-state index in [-0.39, 0.29) is 26.1 Å². The van der Waals surface area contributed by atoms with Gasteiger partial charge in [-0.15, -0.1) is 0 Å². The van der Waals surface area contributed by atoms with Crippen LogP contribution in [0.2, 0.25) is 0 Å². The Labute approximate surface area is 352 Å². The molecular formula is C48H76NO8P. The van der Waals surface area contributed by atoms with Crippen molar-refractivity contribution in [3.8, 4) is 0 Å². The molecule has 2 atom stereocenters. The van der Waals surface area contributed by atoms with Crippen LogP contribution in [0.3, 0.4) is 0 Å². The molecule has 58 heavy (non-hydrogen) atoms. The highest BCUT2D eigenvalue weighted by atomic mass is 31.2. The lowest BCUT2D eigenvalue weighted by atomic mass is 10.2. The molecule has 0 aromatic rings. The Hall–Kier alpha value is -3.59. The van der Waals surface area contributed by atoms with Gasteiger partial charge in [-0.25, -0.2) is 4.57 Å². The van der Waals surface area contributed by atoms with Crippen LogP contribution >= 0.6 is 7.82 Å². The molecule has 0 saturated heterocycles. The lowest BCUT2D eigenvalue weighted by Gasteiger charge is -2.19. The number of rotatable bonds is 38. The van der Waals surface area contributed by atoms with Gasteiger partial charge in [-0.05, 0) is 96.9 Å². The van der Waals surface area contributed by atoms with Crippen molar-refractivity contribution < 1.29 is 37.6 Å². The van der Waals surface area contributed by atoms with Crippen molar-refractivity contribution in [2.45, 2.75) is 136 Å². The van der Waals surface area contributed by atoms with Crippen LogP contribution in [-0.2, 0) is 32.7 Å². The Morgan fingerprint density at radius 1 is 0.552 bits per heavy atom. The Bertz CT molecular complexity index is 1350.